The molecule has 0 radical (unpaired) electrons. The number of hydrogen-bond acceptors (Lipinski definition) is 5. The smallest absolute Gasteiger partial charge is 0.231 e. The molecular weight excluding hydrogens is 186 g/mol. The van der Waals surface area contributed by atoms with Crippen LogP contribution in [-0.2, 0) is 0 Å². The Labute approximate surface area is 81.3 Å². The van der Waals surface area contributed by atoms with Crippen LogP contribution in [0, 0.1) is 21.4 Å². The largest absolute Gasteiger partial charge is 0.410 e. The molecule has 0 saturated carbocycles. The van der Waals surface area contributed by atoms with Crippen LogP contribution >= 0.6 is 0 Å². The summed E-state index contributed by atoms with van der Waals surface area (Å²) in [4.78, 5) is 9.98. The lowest BCUT2D eigenvalue weighted by atomic mass is 10.1. The Morgan fingerprint density at radius 2 is 2.43 bits per heavy atom. The van der Waals surface area contributed by atoms with Crippen molar-refractivity contribution in [3.8, 4) is 6.07 Å². The molecule has 0 heterocycles. The lowest BCUT2D eigenvalue weighted by Gasteiger charge is -2.05. The SMILES string of the molecule is CC/C(=C\C(C#N)=N/O)C(C)[N+](=O)[O-]. The van der Waals surface area contributed by atoms with Gasteiger partial charge in [0.15, 0.2) is 5.71 Å². The summed E-state index contributed by atoms with van der Waals surface area (Å²) in [5, 5.41) is 29.9. The van der Waals surface area contributed by atoms with Crippen LogP contribution in [0.25, 0.3) is 0 Å². The van der Waals surface area contributed by atoms with Crippen molar-refractivity contribution in [3.05, 3.63) is 21.8 Å². The molecule has 1 atom stereocenters. The Bertz CT molecular complexity index is 314. The van der Waals surface area contributed by atoms with E-state index in [4.69, 9.17) is 10.5 Å². The molecule has 0 bridgehead atoms. The lowest BCUT2D eigenvalue weighted by Crippen LogP contribution is -2.18. The zero-order chi connectivity index (χ0) is 11.1. The fourth-order valence-corrected chi connectivity index (χ4v) is 0.913. The Kier molecular flexibility index (Phi) is 4.92. The van der Waals surface area contributed by atoms with Gasteiger partial charge in [-0.1, -0.05) is 12.1 Å². The first-order valence-electron chi connectivity index (χ1n) is 4.02. The van der Waals surface area contributed by atoms with Gasteiger partial charge in [0.2, 0.25) is 6.04 Å². The highest BCUT2D eigenvalue weighted by atomic mass is 16.6. The summed E-state index contributed by atoms with van der Waals surface area (Å²) >= 11 is 0. The third-order valence-electron chi connectivity index (χ3n) is 1.81. The quantitative estimate of drug-likeness (QED) is 0.318. The van der Waals surface area contributed by atoms with E-state index in [0.717, 1.165) is 0 Å². The number of oxime groups is 1. The number of nitrogens with zero attached hydrogens (tertiary/aromatic N) is 3. The zero-order valence-corrected chi connectivity index (χ0v) is 7.97. The predicted octanol–water partition coefficient (Wildman–Crippen LogP) is 1.34. The minimum atomic E-state index is -0.870. The predicted molar refractivity (Wildman–Crippen MR) is 49.7 cm³/mol. The first-order chi connectivity index (χ1) is 6.56. The molecule has 0 spiro atoms. The molecule has 6 heteroatoms. The van der Waals surface area contributed by atoms with Gasteiger partial charge in [0.25, 0.3) is 0 Å². The van der Waals surface area contributed by atoms with Gasteiger partial charge in [0, 0.05) is 17.4 Å². The number of hydrogen-bond donors (Lipinski definition) is 1. The number of nitriles is 1. The van der Waals surface area contributed by atoms with Gasteiger partial charge in [-0.15, -0.1) is 0 Å². The summed E-state index contributed by atoms with van der Waals surface area (Å²) in [5.74, 6) is 0. The second kappa shape index (κ2) is 5.70. The summed E-state index contributed by atoms with van der Waals surface area (Å²) in [6.07, 6.45) is 1.66. The van der Waals surface area contributed by atoms with E-state index < -0.39 is 11.0 Å². The van der Waals surface area contributed by atoms with Gasteiger partial charge in [-0.25, -0.2) is 0 Å². The second-order valence-corrected chi connectivity index (χ2v) is 2.63. The monoisotopic (exact) mass is 197 g/mol. The Morgan fingerprint density at radius 1 is 1.86 bits per heavy atom. The standard InChI is InChI=1S/C8H11N3O3/c1-3-7(6(2)11(13)14)4-8(5-9)10-12/h4,6,12H,3H2,1-2H3/b7-4+,10-8+. The summed E-state index contributed by atoms with van der Waals surface area (Å²) in [5.41, 5.74) is 0.222. The maximum atomic E-state index is 10.4. The summed E-state index contributed by atoms with van der Waals surface area (Å²) < 4.78 is 0. The molecule has 0 amide bonds. The van der Waals surface area contributed by atoms with Gasteiger partial charge in [-0.2, -0.15) is 5.26 Å². The molecule has 0 aliphatic carbocycles. The van der Waals surface area contributed by atoms with Gasteiger partial charge < -0.3 is 5.21 Å². The average Bonchev–Trinajstić information content (AvgIpc) is 2.19. The van der Waals surface area contributed by atoms with Crippen LogP contribution in [0.4, 0.5) is 0 Å². The van der Waals surface area contributed by atoms with Crippen LogP contribution in [-0.4, -0.2) is 21.9 Å². The highest BCUT2D eigenvalue weighted by Gasteiger charge is 2.17. The van der Waals surface area contributed by atoms with Crippen LogP contribution in [0.1, 0.15) is 20.3 Å². The van der Waals surface area contributed by atoms with Crippen LogP contribution in [0.3, 0.4) is 0 Å². The molecule has 0 aromatic heterocycles. The van der Waals surface area contributed by atoms with Crippen molar-refractivity contribution < 1.29 is 10.1 Å². The molecule has 0 aliphatic heterocycles. The summed E-state index contributed by atoms with van der Waals surface area (Å²) in [6, 6.07) is 0.741. The molecule has 14 heavy (non-hydrogen) atoms. The van der Waals surface area contributed by atoms with Crippen molar-refractivity contribution >= 4 is 5.71 Å². The first-order valence-corrected chi connectivity index (χ1v) is 4.02. The maximum Gasteiger partial charge on any atom is 0.231 e. The van der Waals surface area contributed by atoms with Crippen molar-refractivity contribution in [2.24, 2.45) is 5.16 Å². The highest BCUT2D eigenvalue weighted by Crippen LogP contribution is 2.09. The van der Waals surface area contributed by atoms with Crippen LogP contribution in [0.5, 0.6) is 0 Å². The van der Waals surface area contributed by atoms with Gasteiger partial charge in [0.05, 0.1) is 0 Å². The van der Waals surface area contributed by atoms with Crippen LogP contribution in [0.2, 0.25) is 0 Å². The Hall–Kier alpha value is -1.90. The van der Waals surface area contributed by atoms with Crippen LogP contribution in [0.15, 0.2) is 16.8 Å². The van der Waals surface area contributed by atoms with Crippen LogP contribution < -0.4 is 0 Å². The van der Waals surface area contributed by atoms with Crippen molar-refractivity contribution in [3.63, 3.8) is 0 Å². The third kappa shape index (κ3) is 3.23. The number of allylic oxidation sites excluding steroid dienone is 1. The Balaban J connectivity index is 4.90. The minimum absolute atomic E-state index is 0.226. The van der Waals surface area contributed by atoms with E-state index in [1.54, 1.807) is 13.0 Å². The molecule has 0 saturated heterocycles. The van der Waals surface area contributed by atoms with Gasteiger partial charge in [-0.3, -0.25) is 10.1 Å². The van der Waals surface area contributed by atoms with Crippen molar-refractivity contribution in [2.75, 3.05) is 0 Å². The van der Waals surface area contributed by atoms with Crippen molar-refractivity contribution in [1.29, 1.82) is 5.26 Å². The maximum absolute atomic E-state index is 10.4. The molecule has 0 aliphatic rings. The normalized spacial score (nSPS) is 14.6. The van der Waals surface area contributed by atoms with E-state index in [1.165, 1.54) is 13.0 Å². The molecule has 6 nitrogen and oxygen atoms in total. The van der Waals surface area contributed by atoms with Crippen molar-refractivity contribution in [2.45, 2.75) is 26.3 Å². The van der Waals surface area contributed by atoms with E-state index in [2.05, 4.69) is 5.16 Å². The Morgan fingerprint density at radius 3 is 2.71 bits per heavy atom. The van der Waals surface area contributed by atoms with Gasteiger partial charge >= 0.3 is 0 Å². The molecule has 1 unspecified atom stereocenters. The van der Waals surface area contributed by atoms with E-state index in [1.807, 2.05) is 0 Å². The zero-order valence-electron chi connectivity index (χ0n) is 7.97. The molecular formula is C8H11N3O3. The van der Waals surface area contributed by atoms with Gasteiger partial charge in [-0.05, 0) is 12.5 Å². The molecule has 76 valence electrons. The van der Waals surface area contributed by atoms with E-state index >= 15 is 0 Å². The van der Waals surface area contributed by atoms with Gasteiger partial charge in [0.1, 0.15) is 6.07 Å². The van der Waals surface area contributed by atoms with Crippen molar-refractivity contribution in [1.82, 2.24) is 0 Å². The first kappa shape index (κ1) is 12.1. The third-order valence-corrected chi connectivity index (χ3v) is 1.81. The van der Waals surface area contributed by atoms with E-state index in [-0.39, 0.29) is 5.71 Å². The highest BCUT2D eigenvalue weighted by molar-refractivity contribution is 6.07. The average molecular weight is 197 g/mol. The molecule has 0 aromatic carbocycles. The second-order valence-electron chi connectivity index (χ2n) is 2.63. The molecule has 1 N–H and O–H groups in total. The molecule has 0 fully saturated rings. The topological polar surface area (TPSA) is 99.5 Å². The molecule has 0 aromatic rings. The number of nitro groups is 1. The van der Waals surface area contributed by atoms with E-state index in [0.29, 0.717) is 12.0 Å². The summed E-state index contributed by atoms with van der Waals surface area (Å²) in [7, 11) is 0. The fourth-order valence-electron chi connectivity index (χ4n) is 0.913. The molecule has 0 rings (SSSR count). The van der Waals surface area contributed by atoms with E-state index in [9.17, 15) is 10.1 Å². The fraction of sp³-hybridized carbons (Fsp3) is 0.500. The lowest BCUT2D eigenvalue weighted by molar-refractivity contribution is -0.507. The summed E-state index contributed by atoms with van der Waals surface area (Å²) in [6.45, 7) is 3.15. The minimum Gasteiger partial charge on any atom is -0.410 e. The number of rotatable bonds is 4.